The number of carbonyl (C=O) groups excluding carboxylic acids is 1. The van der Waals surface area contributed by atoms with Gasteiger partial charge in [-0.1, -0.05) is 29.8 Å². The molecule has 1 aliphatic rings. The first-order valence-corrected chi connectivity index (χ1v) is 8.54. The molecule has 1 heterocycles. The summed E-state index contributed by atoms with van der Waals surface area (Å²) < 4.78 is 0. The molecule has 4 nitrogen and oxygen atoms in total. The molecule has 122 valence electrons. The Labute approximate surface area is 145 Å². The quantitative estimate of drug-likeness (QED) is 0.848. The smallest absolute Gasteiger partial charge is 0.266 e. The molecule has 1 N–H and O–H groups in total. The van der Waals surface area contributed by atoms with E-state index in [1.54, 1.807) is 29.2 Å². The molecule has 2 aromatic carbocycles. The number of hydrogen-bond acceptors (Lipinski definition) is 4. The van der Waals surface area contributed by atoms with Crippen molar-refractivity contribution < 1.29 is 9.90 Å². The van der Waals surface area contributed by atoms with Gasteiger partial charge in [0.15, 0.2) is 5.17 Å². The number of amides is 1. The highest BCUT2D eigenvalue weighted by molar-refractivity contribution is 8.18. The summed E-state index contributed by atoms with van der Waals surface area (Å²) in [6.45, 7) is 4.54. The highest BCUT2D eigenvalue weighted by atomic mass is 32.2. The Hall–Kier alpha value is -2.53. The van der Waals surface area contributed by atoms with Gasteiger partial charge in [-0.3, -0.25) is 9.69 Å². The van der Waals surface area contributed by atoms with Crippen LogP contribution in [0.1, 0.15) is 18.1 Å². The molecule has 0 spiro atoms. The van der Waals surface area contributed by atoms with Crippen molar-refractivity contribution in [3.8, 4) is 5.75 Å². The van der Waals surface area contributed by atoms with Crippen LogP contribution in [0.2, 0.25) is 0 Å². The first-order chi connectivity index (χ1) is 11.6. The molecule has 24 heavy (non-hydrogen) atoms. The lowest BCUT2D eigenvalue weighted by Gasteiger charge is -2.12. The Morgan fingerprint density at radius 2 is 1.79 bits per heavy atom. The van der Waals surface area contributed by atoms with Crippen LogP contribution in [0.15, 0.2) is 58.4 Å². The molecule has 1 amide bonds. The summed E-state index contributed by atoms with van der Waals surface area (Å²) in [7, 11) is 0. The number of amidine groups is 1. The van der Waals surface area contributed by atoms with Crippen molar-refractivity contribution in [3.05, 3.63) is 64.6 Å². The third-order valence-corrected chi connectivity index (χ3v) is 4.66. The number of rotatable bonds is 3. The molecule has 3 rings (SSSR count). The standard InChI is InChI=1S/C19H18N2O2S/c1-3-21-18(23)17(12-14-6-10-16(22)11-7-14)24-19(21)20-15-8-4-13(2)5-9-15/h4-12,22H,3H2,1-2H3/b17-12+,20-19?. The molecule has 5 heteroatoms. The van der Waals surface area contributed by atoms with Gasteiger partial charge in [-0.2, -0.15) is 0 Å². The second-order valence-corrected chi connectivity index (χ2v) is 6.49. The van der Waals surface area contributed by atoms with E-state index in [9.17, 15) is 9.90 Å². The fraction of sp³-hybridized carbons (Fsp3) is 0.158. The Morgan fingerprint density at radius 3 is 2.42 bits per heavy atom. The molecule has 0 aromatic heterocycles. The lowest BCUT2D eigenvalue weighted by molar-refractivity contribution is -0.122. The van der Waals surface area contributed by atoms with Crippen molar-refractivity contribution in [1.82, 2.24) is 4.90 Å². The molecule has 0 aliphatic carbocycles. The summed E-state index contributed by atoms with van der Waals surface area (Å²) in [5.41, 5.74) is 2.88. The van der Waals surface area contributed by atoms with Crippen molar-refractivity contribution in [2.45, 2.75) is 13.8 Å². The highest BCUT2D eigenvalue weighted by Gasteiger charge is 2.32. The molecule has 2 aromatic rings. The van der Waals surface area contributed by atoms with E-state index in [4.69, 9.17) is 0 Å². The number of aryl methyl sites for hydroxylation is 1. The molecule has 0 saturated carbocycles. The number of phenolic OH excluding ortho intramolecular Hbond substituents is 1. The summed E-state index contributed by atoms with van der Waals surface area (Å²) in [4.78, 5) is 19.5. The van der Waals surface area contributed by atoms with Gasteiger partial charge in [0.1, 0.15) is 5.75 Å². The monoisotopic (exact) mass is 338 g/mol. The Kier molecular flexibility index (Phi) is 4.71. The van der Waals surface area contributed by atoms with Crippen molar-refractivity contribution in [3.63, 3.8) is 0 Å². The van der Waals surface area contributed by atoms with Gasteiger partial charge in [0, 0.05) is 6.54 Å². The number of likely N-dealkylation sites (N-methyl/N-ethyl adjacent to an activating group) is 1. The van der Waals surface area contributed by atoms with E-state index in [2.05, 4.69) is 4.99 Å². The lowest BCUT2D eigenvalue weighted by Crippen LogP contribution is -2.28. The lowest BCUT2D eigenvalue weighted by atomic mass is 10.2. The second kappa shape index (κ2) is 6.93. The predicted molar refractivity (Wildman–Crippen MR) is 99.3 cm³/mol. The van der Waals surface area contributed by atoms with Crippen LogP contribution >= 0.6 is 11.8 Å². The largest absolute Gasteiger partial charge is 0.508 e. The fourth-order valence-electron chi connectivity index (χ4n) is 2.32. The summed E-state index contributed by atoms with van der Waals surface area (Å²) in [6, 6.07) is 14.7. The van der Waals surface area contributed by atoms with E-state index >= 15 is 0 Å². The molecule has 0 unspecified atom stereocenters. The van der Waals surface area contributed by atoms with Crippen LogP contribution in [0.3, 0.4) is 0 Å². The maximum Gasteiger partial charge on any atom is 0.266 e. The van der Waals surface area contributed by atoms with Gasteiger partial charge >= 0.3 is 0 Å². The first-order valence-electron chi connectivity index (χ1n) is 7.72. The molecule has 1 aliphatic heterocycles. The van der Waals surface area contributed by atoms with E-state index < -0.39 is 0 Å². The minimum Gasteiger partial charge on any atom is -0.508 e. The minimum absolute atomic E-state index is 0.0403. The molecule has 0 atom stereocenters. The average molecular weight is 338 g/mol. The zero-order chi connectivity index (χ0) is 17.1. The van der Waals surface area contributed by atoms with Crippen LogP contribution in [-0.2, 0) is 4.79 Å². The Bertz CT molecular complexity index is 808. The van der Waals surface area contributed by atoms with Crippen molar-refractivity contribution in [2.75, 3.05) is 6.54 Å². The van der Waals surface area contributed by atoms with E-state index in [1.807, 2.05) is 44.2 Å². The van der Waals surface area contributed by atoms with E-state index in [-0.39, 0.29) is 11.7 Å². The van der Waals surface area contributed by atoms with Crippen molar-refractivity contribution in [1.29, 1.82) is 0 Å². The van der Waals surface area contributed by atoms with Gasteiger partial charge in [0.2, 0.25) is 0 Å². The van der Waals surface area contributed by atoms with Gasteiger partial charge in [-0.05, 0) is 61.5 Å². The van der Waals surface area contributed by atoms with Crippen LogP contribution in [0.5, 0.6) is 5.75 Å². The van der Waals surface area contributed by atoms with Gasteiger partial charge in [0.05, 0.1) is 10.6 Å². The SMILES string of the molecule is CCN1C(=O)/C(=C\c2ccc(O)cc2)SC1=Nc1ccc(C)cc1. The van der Waals surface area contributed by atoms with Crippen molar-refractivity contribution in [2.24, 2.45) is 4.99 Å². The van der Waals surface area contributed by atoms with Crippen LogP contribution in [-0.4, -0.2) is 27.6 Å². The molecule has 0 radical (unpaired) electrons. The Balaban J connectivity index is 1.91. The third kappa shape index (κ3) is 3.51. The van der Waals surface area contributed by atoms with Crippen LogP contribution in [0.25, 0.3) is 6.08 Å². The average Bonchev–Trinajstić information content (AvgIpc) is 2.86. The maximum absolute atomic E-state index is 12.6. The number of aliphatic imine (C=N–C) groups is 1. The minimum atomic E-state index is -0.0403. The van der Waals surface area contributed by atoms with E-state index in [1.165, 1.54) is 17.3 Å². The van der Waals surface area contributed by atoms with Gasteiger partial charge in [-0.15, -0.1) is 0 Å². The number of phenols is 1. The summed E-state index contributed by atoms with van der Waals surface area (Å²) in [5, 5.41) is 10.0. The molecular weight excluding hydrogens is 320 g/mol. The number of benzene rings is 2. The number of hydrogen-bond donors (Lipinski definition) is 1. The first kappa shape index (κ1) is 16.3. The number of carbonyl (C=O) groups is 1. The summed E-state index contributed by atoms with van der Waals surface area (Å²) in [6.07, 6.45) is 1.83. The predicted octanol–water partition coefficient (Wildman–Crippen LogP) is 4.32. The number of nitrogens with zero attached hydrogens (tertiary/aromatic N) is 2. The fourth-order valence-corrected chi connectivity index (χ4v) is 3.38. The van der Waals surface area contributed by atoms with Gasteiger partial charge < -0.3 is 5.11 Å². The molecule has 0 bridgehead atoms. The molecule has 1 saturated heterocycles. The number of aromatic hydroxyl groups is 1. The van der Waals surface area contributed by atoms with E-state index in [0.29, 0.717) is 16.6 Å². The highest BCUT2D eigenvalue weighted by Crippen LogP contribution is 2.34. The zero-order valence-electron chi connectivity index (χ0n) is 13.6. The summed E-state index contributed by atoms with van der Waals surface area (Å²) >= 11 is 1.37. The molecular formula is C19H18N2O2S. The maximum atomic E-state index is 12.6. The Morgan fingerprint density at radius 1 is 1.12 bits per heavy atom. The molecule has 1 fully saturated rings. The van der Waals surface area contributed by atoms with Crippen LogP contribution in [0.4, 0.5) is 5.69 Å². The second-order valence-electron chi connectivity index (χ2n) is 5.48. The number of thioether (sulfide) groups is 1. The zero-order valence-corrected chi connectivity index (χ0v) is 14.4. The normalized spacial score (nSPS) is 17.9. The van der Waals surface area contributed by atoms with Gasteiger partial charge in [-0.25, -0.2) is 4.99 Å². The van der Waals surface area contributed by atoms with Crippen LogP contribution < -0.4 is 0 Å². The third-order valence-electron chi connectivity index (χ3n) is 3.65. The summed E-state index contributed by atoms with van der Waals surface area (Å²) in [5.74, 6) is 0.167. The van der Waals surface area contributed by atoms with Crippen LogP contribution in [0, 0.1) is 6.92 Å². The topological polar surface area (TPSA) is 52.9 Å². The van der Waals surface area contributed by atoms with Crippen molar-refractivity contribution >= 4 is 34.6 Å². The van der Waals surface area contributed by atoms with E-state index in [0.717, 1.165) is 11.3 Å². The van der Waals surface area contributed by atoms with Gasteiger partial charge in [0.25, 0.3) is 5.91 Å².